The highest BCUT2D eigenvalue weighted by Gasteiger charge is 2.50. The Balaban J connectivity index is 1.81. The van der Waals surface area contributed by atoms with Gasteiger partial charge in [-0.1, -0.05) is 6.42 Å². The molecule has 2 bridgehead atoms. The molecule has 88 valence electrons. The summed E-state index contributed by atoms with van der Waals surface area (Å²) in [6, 6.07) is 4.14. The highest BCUT2D eigenvalue weighted by Crippen LogP contribution is 2.57. The lowest BCUT2D eigenvalue weighted by Gasteiger charge is -2.37. The zero-order valence-corrected chi connectivity index (χ0v) is 10.0. The Kier molecular flexibility index (Phi) is 2.55. The summed E-state index contributed by atoms with van der Waals surface area (Å²) in [6.07, 6.45) is 8.69. The molecule has 0 aromatic carbocycles. The van der Waals surface area contributed by atoms with Crippen LogP contribution in [0.15, 0.2) is 22.8 Å². The number of nitrogens with one attached hydrogen (secondary N) is 1. The zero-order valence-electron chi connectivity index (χ0n) is 10.0. The van der Waals surface area contributed by atoms with E-state index in [4.69, 9.17) is 4.42 Å². The Hall–Kier alpha value is -0.760. The van der Waals surface area contributed by atoms with Gasteiger partial charge < -0.3 is 9.73 Å². The standard InChI is InChI=1S/C14H21NO/c1-15-10-14(9-13-3-2-6-16-13)8-11-4-5-12(14)7-11/h2-3,6,11-12,15H,4-5,7-10H2,1H3. The van der Waals surface area contributed by atoms with E-state index in [0.29, 0.717) is 5.41 Å². The fourth-order valence-corrected chi connectivity index (χ4v) is 4.17. The monoisotopic (exact) mass is 219 g/mol. The highest BCUT2D eigenvalue weighted by molar-refractivity contribution is 5.09. The van der Waals surface area contributed by atoms with Crippen molar-refractivity contribution in [3.05, 3.63) is 24.2 Å². The van der Waals surface area contributed by atoms with Crippen molar-refractivity contribution in [2.24, 2.45) is 17.3 Å². The van der Waals surface area contributed by atoms with Gasteiger partial charge in [-0.25, -0.2) is 0 Å². The molecule has 1 aromatic heterocycles. The molecule has 2 fully saturated rings. The molecule has 1 heterocycles. The molecule has 1 N–H and O–H groups in total. The van der Waals surface area contributed by atoms with E-state index in [-0.39, 0.29) is 0 Å². The molecule has 0 amide bonds. The van der Waals surface area contributed by atoms with Gasteiger partial charge in [-0.15, -0.1) is 0 Å². The van der Waals surface area contributed by atoms with Crippen LogP contribution in [0.25, 0.3) is 0 Å². The first-order valence-electron chi connectivity index (χ1n) is 6.49. The fraction of sp³-hybridized carbons (Fsp3) is 0.714. The van der Waals surface area contributed by atoms with Gasteiger partial charge in [0.15, 0.2) is 0 Å². The molecule has 0 aliphatic heterocycles. The van der Waals surface area contributed by atoms with Crippen LogP contribution in [0, 0.1) is 17.3 Å². The van der Waals surface area contributed by atoms with Gasteiger partial charge in [-0.3, -0.25) is 0 Å². The lowest BCUT2D eigenvalue weighted by molar-refractivity contribution is 0.150. The molecule has 0 radical (unpaired) electrons. The van der Waals surface area contributed by atoms with E-state index >= 15 is 0 Å². The van der Waals surface area contributed by atoms with Gasteiger partial charge in [0.1, 0.15) is 5.76 Å². The molecular weight excluding hydrogens is 198 g/mol. The van der Waals surface area contributed by atoms with E-state index in [1.807, 2.05) is 6.07 Å². The zero-order chi connectivity index (χ0) is 11.0. The summed E-state index contributed by atoms with van der Waals surface area (Å²) < 4.78 is 5.55. The van der Waals surface area contributed by atoms with E-state index in [1.165, 1.54) is 31.4 Å². The van der Waals surface area contributed by atoms with Crippen LogP contribution >= 0.6 is 0 Å². The molecule has 3 rings (SSSR count). The predicted octanol–water partition coefficient (Wildman–Crippen LogP) is 2.85. The molecule has 2 aliphatic rings. The second-order valence-corrected chi connectivity index (χ2v) is 5.73. The van der Waals surface area contributed by atoms with Gasteiger partial charge in [-0.05, 0) is 55.7 Å². The summed E-state index contributed by atoms with van der Waals surface area (Å²) in [5, 5.41) is 3.41. The average molecular weight is 219 g/mol. The molecule has 2 aliphatic carbocycles. The molecule has 2 nitrogen and oxygen atoms in total. The normalized spacial score (nSPS) is 37.1. The highest BCUT2D eigenvalue weighted by atomic mass is 16.3. The average Bonchev–Trinajstić information content (AvgIpc) is 2.93. The lowest BCUT2D eigenvalue weighted by Crippen LogP contribution is -2.39. The van der Waals surface area contributed by atoms with Gasteiger partial charge >= 0.3 is 0 Å². The van der Waals surface area contributed by atoms with Crippen molar-refractivity contribution in [2.75, 3.05) is 13.6 Å². The van der Waals surface area contributed by atoms with Crippen molar-refractivity contribution in [2.45, 2.75) is 32.1 Å². The lowest BCUT2D eigenvalue weighted by atomic mass is 9.70. The maximum absolute atomic E-state index is 5.55. The van der Waals surface area contributed by atoms with Crippen LogP contribution in [0.1, 0.15) is 31.4 Å². The molecule has 0 saturated heterocycles. The SMILES string of the molecule is CNCC1(Cc2ccco2)CC2CCC1C2. The van der Waals surface area contributed by atoms with Crippen LogP contribution in [0.5, 0.6) is 0 Å². The van der Waals surface area contributed by atoms with Crippen molar-refractivity contribution >= 4 is 0 Å². The minimum Gasteiger partial charge on any atom is -0.469 e. The Labute approximate surface area is 97.4 Å². The van der Waals surface area contributed by atoms with E-state index in [1.54, 1.807) is 6.26 Å². The molecule has 3 unspecified atom stereocenters. The van der Waals surface area contributed by atoms with Gasteiger partial charge in [-0.2, -0.15) is 0 Å². The number of hydrogen-bond donors (Lipinski definition) is 1. The molecule has 1 aromatic rings. The van der Waals surface area contributed by atoms with E-state index < -0.39 is 0 Å². The van der Waals surface area contributed by atoms with Crippen molar-refractivity contribution < 1.29 is 4.42 Å². The quantitative estimate of drug-likeness (QED) is 0.842. The maximum atomic E-state index is 5.55. The Morgan fingerprint density at radius 3 is 3.00 bits per heavy atom. The first-order valence-corrected chi connectivity index (χ1v) is 6.49. The minimum absolute atomic E-state index is 0.482. The van der Waals surface area contributed by atoms with Crippen LogP contribution in [-0.2, 0) is 6.42 Å². The number of fused-ring (bicyclic) bond motifs is 2. The molecular formula is C14H21NO. The summed E-state index contributed by atoms with van der Waals surface area (Å²) in [6.45, 7) is 1.15. The van der Waals surface area contributed by atoms with Crippen LogP contribution in [0.3, 0.4) is 0 Å². The largest absolute Gasteiger partial charge is 0.469 e. The van der Waals surface area contributed by atoms with Gasteiger partial charge in [0.2, 0.25) is 0 Å². The molecule has 0 spiro atoms. The maximum Gasteiger partial charge on any atom is 0.104 e. The first-order chi connectivity index (χ1) is 7.82. The number of hydrogen-bond acceptors (Lipinski definition) is 2. The van der Waals surface area contributed by atoms with Gasteiger partial charge in [0, 0.05) is 13.0 Å². The second kappa shape index (κ2) is 3.92. The third kappa shape index (κ3) is 1.60. The topological polar surface area (TPSA) is 25.2 Å². The Morgan fingerprint density at radius 1 is 1.50 bits per heavy atom. The molecule has 16 heavy (non-hydrogen) atoms. The predicted molar refractivity (Wildman–Crippen MR) is 64.2 cm³/mol. The van der Waals surface area contributed by atoms with E-state index in [9.17, 15) is 0 Å². The van der Waals surface area contributed by atoms with E-state index in [2.05, 4.69) is 18.4 Å². The number of furan rings is 1. The van der Waals surface area contributed by atoms with Crippen LogP contribution in [0.4, 0.5) is 0 Å². The van der Waals surface area contributed by atoms with E-state index in [0.717, 1.165) is 24.8 Å². The summed E-state index contributed by atoms with van der Waals surface area (Å²) in [5.41, 5.74) is 0.482. The molecule has 3 atom stereocenters. The minimum atomic E-state index is 0.482. The van der Waals surface area contributed by atoms with Crippen molar-refractivity contribution in [1.82, 2.24) is 5.32 Å². The molecule has 2 heteroatoms. The van der Waals surface area contributed by atoms with Crippen LogP contribution in [-0.4, -0.2) is 13.6 Å². The van der Waals surface area contributed by atoms with Crippen molar-refractivity contribution in [1.29, 1.82) is 0 Å². The Morgan fingerprint density at radius 2 is 2.44 bits per heavy atom. The first kappa shape index (κ1) is 10.4. The third-order valence-electron chi connectivity index (χ3n) is 4.74. The van der Waals surface area contributed by atoms with Gasteiger partial charge in [0.05, 0.1) is 6.26 Å². The summed E-state index contributed by atoms with van der Waals surface area (Å²) >= 11 is 0. The second-order valence-electron chi connectivity index (χ2n) is 5.73. The van der Waals surface area contributed by atoms with Crippen LogP contribution < -0.4 is 5.32 Å². The van der Waals surface area contributed by atoms with Crippen molar-refractivity contribution in [3.63, 3.8) is 0 Å². The van der Waals surface area contributed by atoms with Crippen molar-refractivity contribution in [3.8, 4) is 0 Å². The fourth-order valence-electron chi connectivity index (χ4n) is 4.17. The van der Waals surface area contributed by atoms with Crippen LogP contribution in [0.2, 0.25) is 0 Å². The summed E-state index contributed by atoms with van der Waals surface area (Å²) in [5.74, 6) is 3.09. The number of rotatable bonds is 4. The smallest absolute Gasteiger partial charge is 0.104 e. The van der Waals surface area contributed by atoms with Gasteiger partial charge in [0.25, 0.3) is 0 Å². The summed E-state index contributed by atoms with van der Waals surface area (Å²) in [7, 11) is 2.08. The third-order valence-corrected chi connectivity index (χ3v) is 4.74. The molecule has 2 saturated carbocycles. The summed E-state index contributed by atoms with van der Waals surface area (Å²) in [4.78, 5) is 0. The Bertz CT molecular complexity index is 346.